The van der Waals surface area contributed by atoms with Crippen LogP contribution in [0.2, 0.25) is 0 Å². The van der Waals surface area contributed by atoms with Gasteiger partial charge in [0.25, 0.3) is 0 Å². The van der Waals surface area contributed by atoms with Gasteiger partial charge >= 0.3 is 5.97 Å². The summed E-state index contributed by atoms with van der Waals surface area (Å²) in [4.78, 5) is 24.7. The second kappa shape index (κ2) is 8.20. The molecule has 0 amide bonds. The molecule has 0 aliphatic rings. The van der Waals surface area contributed by atoms with E-state index in [4.69, 9.17) is 4.74 Å². The molecule has 0 fully saturated rings. The number of hydrogen-bond acceptors (Lipinski definition) is 4. The second-order valence-corrected chi connectivity index (χ2v) is 2.80. The van der Waals surface area contributed by atoms with Gasteiger partial charge < -0.3 is 4.74 Å². The van der Waals surface area contributed by atoms with Gasteiger partial charge in [0.2, 0.25) is 6.08 Å². The van der Waals surface area contributed by atoms with Crippen LogP contribution in [0.15, 0.2) is 17.6 Å². The van der Waals surface area contributed by atoms with Crippen LogP contribution in [0.25, 0.3) is 0 Å². The smallest absolute Gasteiger partial charge is 0.332 e. The van der Waals surface area contributed by atoms with Crippen LogP contribution in [-0.2, 0) is 14.3 Å². The molecule has 4 heteroatoms. The van der Waals surface area contributed by atoms with E-state index in [1.807, 2.05) is 6.92 Å². The van der Waals surface area contributed by atoms with Crippen molar-refractivity contribution in [2.75, 3.05) is 6.61 Å². The maximum atomic E-state index is 11.3. The number of carbonyl (C=O) groups excluding carboxylic acids is 2. The molecule has 0 aromatic heterocycles. The van der Waals surface area contributed by atoms with Crippen molar-refractivity contribution in [3.8, 4) is 0 Å². The minimum absolute atomic E-state index is 0.149. The summed E-state index contributed by atoms with van der Waals surface area (Å²) in [5.74, 6) is -0.485. The molecule has 0 bridgehead atoms. The minimum Gasteiger partial charge on any atom is -0.460 e. The maximum Gasteiger partial charge on any atom is 0.332 e. The first-order valence-corrected chi connectivity index (χ1v) is 4.60. The highest BCUT2D eigenvalue weighted by Gasteiger charge is 2.17. The molecule has 0 aliphatic carbocycles. The number of nitrogens with zero attached hydrogens (tertiary/aromatic N) is 1. The van der Waals surface area contributed by atoms with Gasteiger partial charge in [0.15, 0.2) is 6.04 Å². The molecule has 4 nitrogen and oxygen atoms in total. The third-order valence-electron chi connectivity index (χ3n) is 1.66. The summed E-state index contributed by atoms with van der Waals surface area (Å²) in [7, 11) is 0. The number of ether oxygens (including phenoxy) is 1. The number of rotatable bonds is 7. The molecule has 14 heavy (non-hydrogen) atoms. The molecule has 0 N–H and O–H groups in total. The highest BCUT2D eigenvalue weighted by Crippen LogP contribution is 2.06. The van der Waals surface area contributed by atoms with E-state index < -0.39 is 12.0 Å². The topological polar surface area (TPSA) is 55.7 Å². The standard InChI is InChI=1S/C10H15NO3/c1-3-5-6-9(11-8-12)10(13)14-7-4-2/h4,9H,2-3,5-7H2,1H3. The van der Waals surface area contributed by atoms with Gasteiger partial charge in [0, 0.05) is 0 Å². The molecule has 0 aliphatic heterocycles. The molecule has 1 unspecified atom stereocenters. The second-order valence-electron chi connectivity index (χ2n) is 2.80. The first-order valence-electron chi connectivity index (χ1n) is 4.60. The average molecular weight is 197 g/mol. The molecule has 0 rings (SSSR count). The molecule has 0 aromatic rings. The zero-order valence-electron chi connectivity index (χ0n) is 8.36. The number of aliphatic imine (C=N–C) groups is 1. The highest BCUT2D eigenvalue weighted by atomic mass is 16.5. The summed E-state index contributed by atoms with van der Waals surface area (Å²) in [6.45, 7) is 5.56. The van der Waals surface area contributed by atoms with Crippen molar-refractivity contribution in [1.82, 2.24) is 0 Å². The summed E-state index contributed by atoms with van der Waals surface area (Å²) in [6.07, 6.45) is 5.16. The van der Waals surface area contributed by atoms with Crippen LogP contribution in [0.4, 0.5) is 0 Å². The van der Waals surface area contributed by atoms with Crippen LogP contribution in [0, 0.1) is 0 Å². The van der Waals surface area contributed by atoms with E-state index in [9.17, 15) is 9.59 Å². The molecule has 1 atom stereocenters. The van der Waals surface area contributed by atoms with Gasteiger partial charge in [-0.3, -0.25) is 0 Å². The quantitative estimate of drug-likeness (QED) is 0.269. The molecule has 0 aromatic carbocycles. The number of isocyanates is 1. The fraction of sp³-hybridized carbons (Fsp3) is 0.600. The van der Waals surface area contributed by atoms with Gasteiger partial charge in [0.05, 0.1) is 0 Å². The van der Waals surface area contributed by atoms with Crippen LogP contribution < -0.4 is 0 Å². The lowest BCUT2D eigenvalue weighted by Gasteiger charge is -2.08. The SMILES string of the molecule is C=CCOC(=O)C(CCCC)N=C=O. The van der Waals surface area contributed by atoms with E-state index in [1.165, 1.54) is 12.2 Å². The monoisotopic (exact) mass is 197 g/mol. The van der Waals surface area contributed by atoms with Gasteiger partial charge in [-0.2, -0.15) is 4.99 Å². The number of esters is 1. The Hall–Kier alpha value is -1.41. The fourth-order valence-electron chi connectivity index (χ4n) is 0.933. The van der Waals surface area contributed by atoms with E-state index in [2.05, 4.69) is 11.6 Å². The van der Waals surface area contributed by atoms with Gasteiger partial charge in [-0.1, -0.05) is 32.4 Å². The fourth-order valence-corrected chi connectivity index (χ4v) is 0.933. The third kappa shape index (κ3) is 5.27. The molecule has 0 radical (unpaired) electrons. The normalized spacial score (nSPS) is 11.2. The summed E-state index contributed by atoms with van der Waals surface area (Å²) in [6, 6.07) is -0.701. The van der Waals surface area contributed by atoms with Crippen molar-refractivity contribution in [2.45, 2.75) is 32.2 Å². The van der Waals surface area contributed by atoms with Gasteiger partial charge in [0.1, 0.15) is 6.61 Å². The zero-order valence-corrected chi connectivity index (χ0v) is 8.36. The Kier molecular flexibility index (Phi) is 7.37. The van der Waals surface area contributed by atoms with E-state index in [0.29, 0.717) is 6.42 Å². The van der Waals surface area contributed by atoms with Crippen LogP contribution in [0.3, 0.4) is 0 Å². The van der Waals surface area contributed by atoms with Gasteiger partial charge in [-0.15, -0.1) is 0 Å². The van der Waals surface area contributed by atoms with Crippen molar-refractivity contribution >= 4 is 12.0 Å². The summed E-state index contributed by atoms with van der Waals surface area (Å²) in [5.41, 5.74) is 0. The summed E-state index contributed by atoms with van der Waals surface area (Å²) < 4.78 is 4.77. The largest absolute Gasteiger partial charge is 0.460 e. The van der Waals surface area contributed by atoms with Crippen LogP contribution >= 0.6 is 0 Å². The van der Waals surface area contributed by atoms with E-state index >= 15 is 0 Å². The van der Waals surface area contributed by atoms with E-state index in [0.717, 1.165) is 12.8 Å². The number of hydrogen-bond donors (Lipinski definition) is 0. The maximum absolute atomic E-state index is 11.3. The molecule has 78 valence electrons. The van der Waals surface area contributed by atoms with Crippen LogP contribution in [-0.4, -0.2) is 24.7 Å². The van der Waals surface area contributed by atoms with E-state index in [-0.39, 0.29) is 6.61 Å². The molecule has 0 saturated carbocycles. The van der Waals surface area contributed by atoms with Crippen LogP contribution in [0.1, 0.15) is 26.2 Å². The Bertz CT molecular complexity index is 232. The predicted octanol–water partition coefficient (Wildman–Crippen LogP) is 1.61. The molecule has 0 heterocycles. The average Bonchev–Trinajstić information content (AvgIpc) is 2.20. The minimum atomic E-state index is -0.701. The van der Waals surface area contributed by atoms with E-state index in [1.54, 1.807) is 0 Å². The lowest BCUT2D eigenvalue weighted by Crippen LogP contribution is -2.21. The van der Waals surface area contributed by atoms with Crippen molar-refractivity contribution in [1.29, 1.82) is 0 Å². The van der Waals surface area contributed by atoms with Gasteiger partial charge in [-0.25, -0.2) is 9.59 Å². The highest BCUT2D eigenvalue weighted by molar-refractivity contribution is 5.76. The van der Waals surface area contributed by atoms with Crippen molar-refractivity contribution in [3.63, 3.8) is 0 Å². The lowest BCUT2D eigenvalue weighted by atomic mass is 10.1. The Balaban J connectivity index is 4.10. The summed E-state index contributed by atoms with van der Waals surface area (Å²) in [5, 5.41) is 0. The Labute approximate surface area is 83.7 Å². The first kappa shape index (κ1) is 12.6. The molecule has 0 spiro atoms. The Morgan fingerprint density at radius 3 is 2.93 bits per heavy atom. The zero-order chi connectivity index (χ0) is 10.8. The van der Waals surface area contributed by atoms with Crippen molar-refractivity contribution in [2.24, 2.45) is 4.99 Å². The molecular weight excluding hydrogens is 182 g/mol. The number of unbranched alkanes of at least 4 members (excludes halogenated alkanes) is 1. The number of carbonyl (C=O) groups is 1. The Morgan fingerprint density at radius 1 is 1.71 bits per heavy atom. The molecule has 0 saturated heterocycles. The lowest BCUT2D eigenvalue weighted by molar-refractivity contribution is -0.144. The summed E-state index contributed by atoms with van der Waals surface area (Å²) >= 11 is 0. The molecular formula is C10H15NO3. The van der Waals surface area contributed by atoms with Crippen molar-refractivity contribution in [3.05, 3.63) is 12.7 Å². The predicted molar refractivity (Wildman–Crippen MR) is 52.6 cm³/mol. The Morgan fingerprint density at radius 2 is 2.43 bits per heavy atom. The van der Waals surface area contributed by atoms with Crippen molar-refractivity contribution < 1.29 is 14.3 Å². The first-order chi connectivity index (χ1) is 6.76. The van der Waals surface area contributed by atoms with Crippen LogP contribution in [0.5, 0.6) is 0 Å². The third-order valence-corrected chi connectivity index (χ3v) is 1.66. The van der Waals surface area contributed by atoms with Gasteiger partial charge in [-0.05, 0) is 6.42 Å².